The molecule has 0 spiro atoms. The molecule has 0 aliphatic carbocycles. The molecular formula is C10H21NO. The van der Waals surface area contributed by atoms with E-state index in [0.29, 0.717) is 6.42 Å². The Labute approximate surface area is 75.9 Å². The van der Waals surface area contributed by atoms with E-state index in [-0.39, 0.29) is 5.91 Å². The summed E-state index contributed by atoms with van der Waals surface area (Å²) in [6, 6.07) is 0. The van der Waals surface area contributed by atoms with E-state index in [4.69, 9.17) is 0 Å². The van der Waals surface area contributed by atoms with E-state index in [2.05, 4.69) is 13.8 Å². The Kier molecular flexibility index (Phi) is 5.77. The summed E-state index contributed by atoms with van der Waals surface area (Å²) >= 11 is 0. The van der Waals surface area contributed by atoms with Gasteiger partial charge in [0.15, 0.2) is 0 Å². The molecule has 0 N–H and O–H groups in total. The zero-order chi connectivity index (χ0) is 9.56. The second-order valence-corrected chi connectivity index (χ2v) is 3.70. The maximum atomic E-state index is 11.1. The van der Waals surface area contributed by atoms with Crippen LogP contribution >= 0.6 is 0 Å². The van der Waals surface area contributed by atoms with Gasteiger partial charge in [-0.05, 0) is 18.8 Å². The molecule has 0 saturated heterocycles. The van der Waals surface area contributed by atoms with Gasteiger partial charge in [0, 0.05) is 20.0 Å². The predicted molar refractivity (Wildman–Crippen MR) is 52.0 cm³/mol. The van der Waals surface area contributed by atoms with Gasteiger partial charge in [0.1, 0.15) is 0 Å². The molecule has 0 aromatic carbocycles. The normalized spacial score (nSPS) is 10.4. The summed E-state index contributed by atoms with van der Waals surface area (Å²) in [5.41, 5.74) is 0. The Morgan fingerprint density at radius 1 is 1.42 bits per heavy atom. The third-order valence-corrected chi connectivity index (χ3v) is 2.00. The van der Waals surface area contributed by atoms with Crippen LogP contribution in [0.3, 0.4) is 0 Å². The second-order valence-electron chi connectivity index (χ2n) is 3.70. The third kappa shape index (κ3) is 5.16. The van der Waals surface area contributed by atoms with E-state index in [1.165, 1.54) is 6.42 Å². The van der Waals surface area contributed by atoms with Gasteiger partial charge in [-0.3, -0.25) is 4.79 Å². The predicted octanol–water partition coefficient (Wildman–Crippen LogP) is 2.29. The van der Waals surface area contributed by atoms with E-state index in [1.807, 2.05) is 18.9 Å². The number of hydrogen-bond donors (Lipinski definition) is 0. The van der Waals surface area contributed by atoms with Crippen LogP contribution in [-0.4, -0.2) is 24.4 Å². The first-order valence-corrected chi connectivity index (χ1v) is 4.81. The van der Waals surface area contributed by atoms with E-state index in [1.54, 1.807) is 0 Å². The van der Waals surface area contributed by atoms with Crippen LogP contribution in [0.1, 0.15) is 40.0 Å². The molecule has 0 saturated carbocycles. The standard InChI is InChI=1S/C10H21NO/c1-5-10(12)11(4)8-6-7-9(2)3/h9H,5-8H2,1-4H3. The maximum absolute atomic E-state index is 11.1. The quantitative estimate of drug-likeness (QED) is 0.621. The first-order chi connectivity index (χ1) is 5.57. The van der Waals surface area contributed by atoms with Crippen molar-refractivity contribution in [2.45, 2.75) is 40.0 Å². The minimum absolute atomic E-state index is 0.249. The average Bonchev–Trinajstić information content (AvgIpc) is 2.02. The highest BCUT2D eigenvalue weighted by Crippen LogP contribution is 2.04. The second kappa shape index (κ2) is 6.04. The van der Waals surface area contributed by atoms with Gasteiger partial charge in [-0.2, -0.15) is 0 Å². The van der Waals surface area contributed by atoms with Crippen LogP contribution in [0.25, 0.3) is 0 Å². The Morgan fingerprint density at radius 3 is 2.42 bits per heavy atom. The number of amides is 1. The first-order valence-electron chi connectivity index (χ1n) is 4.81. The Morgan fingerprint density at radius 2 is 2.00 bits per heavy atom. The van der Waals surface area contributed by atoms with E-state index in [0.717, 1.165) is 18.9 Å². The van der Waals surface area contributed by atoms with Crippen molar-refractivity contribution in [3.8, 4) is 0 Å². The van der Waals surface area contributed by atoms with Gasteiger partial charge in [0.05, 0.1) is 0 Å². The van der Waals surface area contributed by atoms with Crippen LogP contribution in [0.5, 0.6) is 0 Å². The maximum Gasteiger partial charge on any atom is 0.222 e. The van der Waals surface area contributed by atoms with Crippen molar-refractivity contribution < 1.29 is 4.79 Å². The minimum Gasteiger partial charge on any atom is -0.346 e. The molecule has 12 heavy (non-hydrogen) atoms. The zero-order valence-electron chi connectivity index (χ0n) is 8.76. The highest BCUT2D eigenvalue weighted by Gasteiger charge is 2.04. The average molecular weight is 171 g/mol. The first kappa shape index (κ1) is 11.5. The fourth-order valence-corrected chi connectivity index (χ4v) is 1.13. The summed E-state index contributed by atoms with van der Waals surface area (Å²) < 4.78 is 0. The van der Waals surface area contributed by atoms with Crippen LogP contribution in [0, 0.1) is 5.92 Å². The number of rotatable bonds is 5. The molecule has 0 aliphatic heterocycles. The minimum atomic E-state index is 0.249. The molecule has 0 aromatic rings. The number of carbonyl (C=O) groups excluding carboxylic acids is 1. The lowest BCUT2D eigenvalue weighted by atomic mass is 10.1. The van der Waals surface area contributed by atoms with Gasteiger partial charge in [-0.1, -0.05) is 20.8 Å². The van der Waals surface area contributed by atoms with Crippen LogP contribution in [0.4, 0.5) is 0 Å². The molecule has 2 heteroatoms. The lowest BCUT2D eigenvalue weighted by Crippen LogP contribution is -2.26. The summed E-state index contributed by atoms with van der Waals surface area (Å²) in [7, 11) is 1.88. The highest BCUT2D eigenvalue weighted by molar-refractivity contribution is 5.75. The fraction of sp³-hybridized carbons (Fsp3) is 0.900. The molecule has 0 unspecified atom stereocenters. The summed E-state index contributed by atoms with van der Waals surface area (Å²) in [5.74, 6) is 0.994. The largest absolute Gasteiger partial charge is 0.346 e. The van der Waals surface area contributed by atoms with Crippen molar-refractivity contribution in [2.24, 2.45) is 5.92 Å². The number of hydrogen-bond acceptors (Lipinski definition) is 1. The van der Waals surface area contributed by atoms with Crippen LogP contribution in [-0.2, 0) is 4.79 Å². The molecular weight excluding hydrogens is 150 g/mol. The molecule has 0 aliphatic rings. The molecule has 0 bridgehead atoms. The van der Waals surface area contributed by atoms with Crippen molar-refractivity contribution in [2.75, 3.05) is 13.6 Å². The Bertz CT molecular complexity index is 132. The summed E-state index contributed by atoms with van der Waals surface area (Å²) in [5, 5.41) is 0. The summed E-state index contributed by atoms with van der Waals surface area (Å²) in [4.78, 5) is 12.9. The van der Waals surface area contributed by atoms with Crippen LogP contribution in [0.2, 0.25) is 0 Å². The fourth-order valence-electron chi connectivity index (χ4n) is 1.13. The van der Waals surface area contributed by atoms with E-state index >= 15 is 0 Å². The van der Waals surface area contributed by atoms with Crippen molar-refractivity contribution in [1.29, 1.82) is 0 Å². The smallest absolute Gasteiger partial charge is 0.222 e. The molecule has 0 heterocycles. The van der Waals surface area contributed by atoms with Crippen molar-refractivity contribution in [1.82, 2.24) is 4.90 Å². The van der Waals surface area contributed by atoms with Gasteiger partial charge in [-0.15, -0.1) is 0 Å². The Hall–Kier alpha value is -0.530. The Balaban J connectivity index is 3.43. The van der Waals surface area contributed by atoms with Gasteiger partial charge >= 0.3 is 0 Å². The molecule has 0 atom stereocenters. The summed E-state index contributed by atoms with van der Waals surface area (Å²) in [6.07, 6.45) is 2.96. The van der Waals surface area contributed by atoms with Gasteiger partial charge in [0.25, 0.3) is 0 Å². The molecule has 0 radical (unpaired) electrons. The van der Waals surface area contributed by atoms with E-state index < -0.39 is 0 Å². The van der Waals surface area contributed by atoms with Crippen molar-refractivity contribution >= 4 is 5.91 Å². The van der Waals surface area contributed by atoms with Crippen LogP contribution in [0.15, 0.2) is 0 Å². The van der Waals surface area contributed by atoms with Gasteiger partial charge in [-0.25, -0.2) is 0 Å². The van der Waals surface area contributed by atoms with Crippen molar-refractivity contribution in [3.63, 3.8) is 0 Å². The highest BCUT2D eigenvalue weighted by atomic mass is 16.2. The lowest BCUT2D eigenvalue weighted by Gasteiger charge is -2.16. The topological polar surface area (TPSA) is 20.3 Å². The number of nitrogens with zero attached hydrogens (tertiary/aromatic N) is 1. The molecule has 72 valence electrons. The van der Waals surface area contributed by atoms with Gasteiger partial charge < -0.3 is 4.90 Å². The van der Waals surface area contributed by atoms with E-state index in [9.17, 15) is 4.79 Å². The van der Waals surface area contributed by atoms with Crippen LogP contribution < -0.4 is 0 Å². The molecule has 2 nitrogen and oxygen atoms in total. The molecule has 0 aromatic heterocycles. The molecule has 0 fully saturated rings. The summed E-state index contributed by atoms with van der Waals surface area (Å²) in [6.45, 7) is 7.23. The SMILES string of the molecule is CCC(=O)N(C)CCCC(C)C. The lowest BCUT2D eigenvalue weighted by molar-refractivity contribution is -0.129. The van der Waals surface area contributed by atoms with Crippen molar-refractivity contribution in [3.05, 3.63) is 0 Å². The number of carbonyl (C=O) groups is 1. The van der Waals surface area contributed by atoms with Gasteiger partial charge in [0.2, 0.25) is 5.91 Å². The molecule has 0 rings (SSSR count). The monoisotopic (exact) mass is 171 g/mol. The third-order valence-electron chi connectivity index (χ3n) is 2.00. The molecule has 1 amide bonds. The zero-order valence-corrected chi connectivity index (χ0v) is 8.76.